The Morgan fingerprint density at radius 3 is 2.64 bits per heavy atom. The fraction of sp³-hybridized carbons (Fsp3) is 0.650. The van der Waals surface area contributed by atoms with Crippen LogP contribution in [-0.4, -0.2) is 31.7 Å². The second-order valence-corrected chi connectivity index (χ2v) is 7.42. The van der Waals surface area contributed by atoms with E-state index in [0.717, 1.165) is 18.4 Å². The zero-order chi connectivity index (χ0) is 17.7. The van der Waals surface area contributed by atoms with Gasteiger partial charge in [-0.15, -0.1) is 0 Å². The molecular formula is C20H29FN2O2. The van der Waals surface area contributed by atoms with Crippen LogP contribution < -0.4 is 11.1 Å². The first-order valence-electron chi connectivity index (χ1n) is 9.50. The van der Waals surface area contributed by atoms with E-state index in [9.17, 15) is 9.18 Å². The second kappa shape index (κ2) is 8.28. The minimum Gasteiger partial charge on any atom is -0.381 e. The van der Waals surface area contributed by atoms with Gasteiger partial charge in [-0.2, -0.15) is 0 Å². The second-order valence-electron chi connectivity index (χ2n) is 7.42. The molecule has 0 spiro atoms. The van der Waals surface area contributed by atoms with Crippen LogP contribution in [0.3, 0.4) is 0 Å². The molecule has 3 rings (SSSR count). The van der Waals surface area contributed by atoms with Crippen LogP contribution >= 0.6 is 0 Å². The van der Waals surface area contributed by atoms with E-state index in [1.165, 1.54) is 31.4 Å². The van der Waals surface area contributed by atoms with Crippen molar-refractivity contribution in [1.29, 1.82) is 0 Å². The summed E-state index contributed by atoms with van der Waals surface area (Å²) in [7, 11) is 0. The molecule has 1 saturated carbocycles. The van der Waals surface area contributed by atoms with E-state index in [-0.39, 0.29) is 17.8 Å². The summed E-state index contributed by atoms with van der Waals surface area (Å²) in [4.78, 5) is 13.3. The van der Waals surface area contributed by atoms with Gasteiger partial charge in [0.15, 0.2) is 0 Å². The Morgan fingerprint density at radius 2 is 2.00 bits per heavy atom. The van der Waals surface area contributed by atoms with Crippen molar-refractivity contribution in [2.24, 2.45) is 11.7 Å². The van der Waals surface area contributed by atoms with Crippen LogP contribution in [0, 0.1) is 11.7 Å². The van der Waals surface area contributed by atoms with Gasteiger partial charge in [0.1, 0.15) is 5.82 Å². The summed E-state index contributed by atoms with van der Waals surface area (Å²) in [5.74, 6) is 0.119. The summed E-state index contributed by atoms with van der Waals surface area (Å²) in [6.45, 7) is 1.48. The number of rotatable bonds is 5. The van der Waals surface area contributed by atoms with Gasteiger partial charge in [-0.05, 0) is 49.3 Å². The molecule has 138 valence electrons. The third kappa shape index (κ3) is 4.04. The van der Waals surface area contributed by atoms with Crippen LogP contribution in [0.5, 0.6) is 0 Å². The summed E-state index contributed by atoms with van der Waals surface area (Å²) in [6.07, 6.45) is 7.08. The average molecular weight is 348 g/mol. The van der Waals surface area contributed by atoms with Crippen molar-refractivity contribution < 1.29 is 13.9 Å². The van der Waals surface area contributed by atoms with Gasteiger partial charge in [-0.1, -0.05) is 31.4 Å². The quantitative estimate of drug-likeness (QED) is 0.860. The number of halogens is 1. The topological polar surface area (TPSA) is 64.3 Å². The molecule has 0 radical (unpaired) electrons. The van der Waals surface area contributed by atoms with Gasteiger partial charge in [-0.25, -0.2) is 4.39 Å². The highest BCUT2D eigenvalue weighted by Gasteiger charge is 2.43. The third-order valence-corrected chi connectivity index (χ3v) is 5.95. The van der Waals surface area contributed by atoms with E-state index < -0.39 is 5.41 Å². The van der Waals surface area contributed by atoms with Crippen molar-refractivity contribution in [1.82, 2.24) is 5.32 Å². The van der Waals surface area contributed by atoms with E-state index >= 15 is 0 Å². The van der Waals surface area contributed by atoms with Crippen molar-refractivity contribution in [2.75, 3.05) is 19.8 Å². The molecule has 1 atom stereocenters. The molecule has 1 aromatic rings. The predicted octanol–water partition coefficient (Wildman–Crippen LogP) is 2.90. The zero-order valence-electron chi connectivity index (χ0n) is 14.8. The van der Waals surface area contributed by atoms with Crippen LogP contribution in [0.4, 0.5) is 4.39 Å². The first-order chi connectivity index (χ1) is 12.2. The molecule has 0 bridgehead atoms. The highest BCUT2D eigenvalue weighted by molar-refractivity contribution is 5.88. The molecule has 1 aliphatic heterocycles. The number of benzene rings is 1. The van der Waals surface area contributed by atoms with Crippen molar-refractivity contribution in [2.45, 2.75) is 56.4 Å². The average Bonchev–Trinajstić information content (AvgIpc) is 2.67. The zero-order valence-corrected chi connectivity index (χ0v) is 14.8. The molecule has 2 aliphatic rings. The molecule has 25 heavy (non-hydrogen) atoms. The lowest BCUT2D eigenvalue weighted by molar-refractivity contribution is -0.131. The Labute approximate surface area is 149 Å². The molecule has 2 fully saturated rings. The number of carbonyl (C=O) groups excluding carboxylic acids is 1. The molecule has 5 heteroatoms. The molecule has 4 nitrogen and oxygen atoms in total. The van der Waals surface area contributed by atoms with Gasteiger partial charge >= 0.3 is 0 Å². The van der Waals surface area contributed by atoms with Gasteiger partial charge in [0, 0.05) is 25.8 Å². The minimum atomic E-state index is -0.720. The summed E-state index contributed by atoms with van der Waals surface area (Å²) < 4.78 is 19.3. The van der Waals surface area contributed by atoms with E-state index in [2.05, 4.69) is 5.32 Å². The Bertz CT molecular complexity index is 581. The smallest absolute Gasteiger partial charge is 0.231 e. The predicted molar refractivity (Wildman–Crippen MR) is 95.7 cm³/mol. The van der Waals surface area contributed by atoms with Crippen LogP contribution in [0.15, 0.2) is 24.3 Å². The largest absolute Gasteiger partial charge is 0.381 e. The molecule has 1 aromatic carbocycles. The number of hydrogen-bond donors (Lipinski definition) is 2. The van der Waals surface area contributed by atoms with Crippen molar-refractivity contribution >= 4 is 5.91 Å². The van der Waals surface area contributed by atoms with Gasteiger partial charge in [0.2, 0.25) is 5.91 Å². The standard InChI is InChI=1S/C20H29FN2O2/c21-17-8-4-7-16(13-17)20(9-11-25-12-10-20)19(24)23-18(14-22)15-5-2-1-3-6-15/h4,7-8,13,15,18H,1-3,5-6,9-12,14,22H2,(H,23,24). The summed E-state index contributed by atoms with van der Waals surface area (Å²) in [5, 5.41) is 3.22. The van der Waals surface area contributed by atoms with Gasteiger partial charge < -0.3 is 15.8 Å². The highest BCUT2D eigenvalue weighted by atomic mass is 19.1. The maximum atomic E-state index is 13.8. The molecule has 3 N–H and O–H groups in total. The van der Waals surface area contributed by atoms with E-state index in [0.29, 0.717) is 38.5 Å². The number of hydrogen-bond acceptors (Lipinski definition) is 3. The molecule has 1 aliphatic carbocycles. The maximum absolute atomic E-state index is 13.8. The molecule has 1 saturated heterocycles. The van der Waals surface area contributed by atoms with Crippen LogP contribution in [0.25, 0.3) is 0 Å². The van der Waals surface area contributed by atoms with Crippen LogP contribution in [-0.2, 0) is 14.9 Å². The molecule has 1 amide bonds. The molecule has 1 unspecified atom stereocenters. The first-order valence-corrected chi connectivity index (χ1v) is 9.50. The van der Waals surface area contributed by atoms with E-state index in [1.807, 2.05) is 6.07 Å². The van der Waals surface area contributed by atoms with Crippen molar-refractivity contribution in [3.05, 3.63) is 35.6 Å². The van der Waals surface area contributed by atoms with Gasteiger partial charge in [0.05, 0.1) is 5.41 Å². The van der Waals surface area contributed by atoms with Crippen LogP contribution in [0.2, 0.25) is 0 Å². The number of nitrogens with two attached hydrogens (primary N) is 1. The summed E-state index contributed by atoms with van der Waals surface area (Å²) >= 11 is 0. The highest BCUT2D eigenvalue weighted by Crippen LogP contribution is 2.36. The Balaban J connectivity index is 1.81. The summed E-state index contributed by atoms with van der Waals surface area (Å²) in [5.41, 5.74) is 6.01. The first kappa shape index (κ1) is 18.3. The van der Waals surface area contributed by atoms with E-state index in [4.69, 9.17) is 10.5 Å². The molecule has 0 aromatic heterocycles. The normalized spacial score (nSPS) is 22.3. The third-order valence-electron chi connectivity index (χ3n) is 5.95. The number of ether oxygens (including phenoxy) is 1. The summed E-state index contributed by atoms with van der Waals surface area (Å²) in [6, 6.07) is 6.44. The SMILES string of the molecule is NCC(NC(=O)C1(c2cccc(F)c2)CCOCC1)C1CCCCC1. The Morgan fingerprint density at radius 1 is 1.28 bits per heavy atom. The maximum Gasteiger partial charge on any atom is 0.231 e. The minimum absolute atomic E-state index is 0.000999. The molecular weight excluding hydrogens is 319 g/mol. The van der Waals surface area contributed by atoms with Crippen molar-refractivity contribution in [3.63, 3.8) is 0 Å². The Hall–Kier alpha value is -1.46. The molecule has 1 heterocycles. The van der Waals surface area contributed by atoms with Gasteiger partial charge in [-0.3, -0.25) is 4.79 Å². The van der Waals surface area contributed by atoms with Gasteiger partial charge in [0.25, 0.3) is 0 Å². The fourth-order valence-electron chi connectivity index (χ4n) is 4.37. The lowest BCUT2D eigenvalue weighted by Gasteiger charge is -2.39. The van der Waals surface area contributed by atoms with Crippen LogP contribution in [0.1, 0.15) is 50.5 Å². The van der Waals surface area contributed by atoms with E-state index in [1.54, 1.807) is 6.07 Å². The fourth-order valence-corrected chi connectivity index (χ4v) is 4.37. The number of carbonyl (C=O) groups is 1. The van der Waals surface area contributed by atoms with Crippen molar-refractivity contribution in [3.8, 4) is 0 Å². The number of nitrogens with one attached hydrogen (secondary N) is 1. The lowest BCUT2D eigenvalue weighted by Crippen LogP contribution is -2.54. The number of amides is 1. The monoisotopic (exact) mass is 348 g/mol. The Kier molecular flexibility index (Phi) is 6.07. The lowest BCUT2D eigenvalue weighted by atomic mass is 9.72.